The van der Waals surface area contributed by atoms with Crippen molar-refractivity contribution in [2.75, 3.05) is 24.3 Å². The van der Waals surface area contributed by atoms with Crippen LogP contribution in [0.4, 0.5) is 17.1 Å². The zero-order valence-corrected chi connectivity index (χ0v) is 12.0. The molecule has 0 aromatic heterocycles. The highest BCUT2D eigenvalue weighted by atomic mass is 16.5. The molecule has 21 heavy (non-hydrogen) atoms. The van der Waals surface area contributed by atoms with E-state index in [1.807, 2.05) is 12.1 Å². The number of carbonyl (C=O) groups excluding carboxylic acids is 1. The van der Waals surface area contributed by atoms with Crippen molar-refractivity contribution in [2.45, 2.75) is 12.8 Å². The second kappa shape index (κ2) is 5.48. The highest BCUT2D eigenvalue weighted by Crippen LogP contribution is 2.36. The molecule has 0 amide bonds. The Balaban J connectivity index is 2.07. The van der Waals surface area contributed by atoms with Crippen molar-refractivity contribution in [1.82, 2.24) is 0 Å². The molecule has 1 heterocycles. The number of fused-ring (bicyclic) bond motifs is 1. The molecule has 2 aromatic rings. The summed E-state index contributed by atoms with van der Waals surface area (Å²) in [7, 11) is 1.38. The first-order valence-electron chi connectivity index (χ1n) is 7.04. The van der Waals surface area contributed by atoms with Crippen LogP contribution in [0.2, 0.25) is 0 Å². The number of nitrogens with two attached hydrogens (primary N) is 1. The van der Waals surface area contributed by atoms with Gasteiger partial charge in [0.1, 0.15) is 0 Å². The van der Waals surface area contributed by atoms with Crippen LogP contribution in [0.5, 0.6) is 0 Å². The van der Waals surface area contributed by atoms with E-state index in [-0.39, 0.29) is 5.97 Å². The number of ether oxygens (including phenoxy) is 1. The van der Waals surface area contributed by atoms with E-state index in [9.17, 15) is 4.79 Å². The minimum Gasteiger partial charge on any atom is -0.465 e. The normalized spacial score (nSPS) is 13.7. The predicted molar refractivity (Wildman–Crippen MR) is 84.0 cm³/mol. The Morgan fingerprint density at radius 3 is 2.81 bits per heavy atom. The van der Waals surface area contributed by atoms with Gasteiger partial charge in [0, 0.05) is 12.2 Å². The molecule has 4 nitrogen and oxygen atoms in total. The van der Waals surface area contributed by atoms with Crippen LogP contribution in [-0.4, -0.2) is 19.6 Å². The molecule has 0 aliphatic carbocycles. The number of nitrogen functional groups attached to an aromatic ring is 1. The Morgan fingerprint density at radius 2 is 2.00 bits per heavy atom. The van der Waals surface area contributed by atoms with Gasteiger partial charge in [-0.3, -0.25) is 0 Å². The first-order valence-corrected chi connectivity index (χ1v) is 7.04. The van der Waals surface area contributed by atoms with Gasteiger partial charge in [-0.15, -0.1) is 0 Å². The zero-order valence-electron chi connectivity index (χ0n) is 12.0. The molecule has 2 aromatic carbocycles. The number of carbonyl (C=O) groups is 1. The molecule has 1 aliphatic heterocycles. The molecule has 0 unspecified atom stereocenters. The first kappa shape index (κ1) is 13.5. The lowest BCUT2D eigenvalue weighted by atomic mass is 10.0. The molecule has 0 atom stereocenters. The Bertz CT molecular complexity index is 682. The van der Waals surface area contributed by atoms with Gasteiger partial charge < -0.3 is 15.4 Å². The number of methoxy groups -OCH3 is 1. The molecule has 0 spiro atoms. The van der Waals surface area contributed by atoms with Crippen molar-refractivity contribution in [2.24, 2.45) is 0 Å². The fraction of sp³-hybridized carbons (Fsp3) is 0.235. The number of esters is 1. The average molecular weight is 282 g/mol. The summed E-state index contributed by atoms with van der Waals surface area (Å²) in [5.74, 6) is -0.346. The van der Waals surface area contributed by atoms with Gasteiger partial charge in [-0.1, -0.05) is 18.2 Å². The molecule has 1 aliphatic rings. The minimum atomic E-state index is -0.346. The largest absolute Gasteiger partial charge is 0.465 e. The van der Waals surface area contributed by atoms with Gasteiger partial charge in [-0.2, -0.15) is 0 Å². The van der Waals surface area contributed by atoms with Crippen LogP contribution >= 0.6 is 0 Å². The summed E-state index contributed by atoms with van der Waals surface area (Å²) in [6.07, 6.45) is 2.14. The van der Waals surface area contributed by atoms with Gasteiger partial charge >= 0.3 is 5.97 Å². The second-order valence-electron chi connectivity index (χ2n) is 5.15. The third-order valence-corrected chi connectivity index (χ3v) is 3.85. The third kappa shape index (κ3) is 2.44. The number of anilines is 3. The fourth-order valence-electron chi connectivity index (χ4n) is 2.81. The van der Waals surface area contributed by atoms with Gasteiger partial charge in [-0.05, 0) is 42.7 Å². The summed E-state index contributed by atoms with van der Waals surface area (Å²) in [4.78, 5) is 13.9. The Kier molecular flexibility index (Phi) is 3.52. The zero-order chi connectivity index (χ0) is 14.8. The highest BCUT2D eigenvalue weighted by molar-refractivity contribution is 5.93. The van der Waals surface area contributed by atoms with Crippen molar-refractivity contribution in [3.63, 3.8) is 0 Å². The van der Waals surface area contributed by atoms with Crippen LogP contribution in [-0.2, 0) is 11.2 Å². The number of nitrogens with zero attached hydrogens (tertiary/aromatic N) is 1. The van der Waals surface area contributed by atoms with E-state index >= 15 is 0 Å². The van der Waals surface area contributed by atoms with E-state index in [2.05, 4.69) is 23.1 Å². The van der Waals surface area contributed by atoms with Gasteiger partial charge in [-0.25, -0.2) is 4.79 Å². The lowest BCUT2D eigenvalue weighted by Gasteiger charge is -2.32. The van der Waals surface area contributed by atoms with E-state index < -0.39 is 0 Å². The number of aryl methyl sites for hydroxylation is 1. The SMILES string of the molecule is COC(=O)c1ccc(N)c(N2CCCc3ccccc32)c1. The average Bonchev–Trinajstić information content (AvgIpc) is 2.54. The van der Waals surface area contributed by atoms with Crippen molar-refractivity contribution in [3.8, 4) is 0 Å². The molecule has 0 radical (unpaired) electrons. The Hall–Kier alpha value is -2.49. The predicted octanol–water partition coefficient (Wildman–Crippen LogP) is 3.14. The maximum absolute atomic E-state index is 11.7. The van der Waals surface area contributed by atoms with Crippen molar-refractivity contribution < 1.29 is 9.53 Å². The summed E-state index contributed by atoms with van der Waals surface area (Å²) in [5.41, 5.74) is 10.7. The van der Waals surface area contributed by atoms with Crippen LogP contribution < -0.4 is 10.6 Å². The molecule has 0 saturated carbocycles. The molecule has 0 fully saturated rings. The van der Waals surface area contributed by atoms with Gasteiger partial charge in [0.15, 0.2) is 0 Å². The Morgan fingerprint density at radius 1 is 1.19 bits per heavy atom. The topological polar surface area (TPSA) is 55.6 Å². The van der Waals surface area contributed by atoms with Crippen LogP contribution in [0, 0.1) is 0 Å². The molecule has 0 bridgehead atoms. The number of hydrogen-bond donors (Lipinski definition) is 1. The van der Waals surface area contributed by atoms with Crippen LogP contribution in [0.3, 0.4) is 0 Å². The molecular formula is C17H18N2O2. The first-order chi connectivity index (χ1) is 10.2. The van der Waals surface area contributed by atoms with E-state index in [4.69, 9.17) is 10.5 Å². The maximum atomic E-state index is 11.7. The minimum absolute atomic E-state index is 0.346. The molecule has 2 N–H and O–H groups in total. The number of rotatable bonds is 2. The van der Waals surface area contributed by atoms with E-state index in [1.165, 1.54) is 12.7 Å². The van der Waals surface area contributed by atoms with Crippen molar-refractivity contribution in [1.29, 1.82) is 0 Å². The van der Waals surface area contributed by atoms with Crippen molar-refractivity contribution in [3.05, 3.63) is 53.6 Å². The number of benzene rings is 2. The number of para-hydroxylation sites is 1. The monoisotopic (exact) mass is 282 g/mol. The van der Waals surface area contributed by atoms with Gasteiger partial charge in [0.05, 0.1) is 24.0 Å². The summed E-state index contributed by atoms with van der Waals surface area (Å²) < 4.78 is 4.79. The smallest absolute Gasteiger partial charge is 0.337 e. The quantitative estimate of drug-likeness (QED) is 0.679. The summed E-state index contributed by atoms with van der Waals surface area (Å²) in [5, 5.41) is 0. The summed E-state index contributed by atoms with van der Waals surface area (Å²) >= 11 is 0. The highest BCUT2D eigenvalue weighted by Gasteiger charge is 2.20. The lowest BCUT2D eigenvalue weighted by Crippen LogP contribution is -2.25. The van der Waals surface area contributed by atoms with E-state index in [1.54, 1.807) is 12.1 Å². The molecular weight excluding hydrogens is 264 g/mol. The number of hydrogen-bond acceptors (Lipinski definition) is 4. The summed E-state index contributed by atoms with van der Waals surface area (Å²) in [6, 6.07) is 13.6. The van der Waals surface area contributed by atoms with E-state index in [0.717, 1.165) is 30.8 Å². The van der Waals surface area contributed by atoms with Crippen LogP contribution in [0.1, 0.15) is 22.3 Å². The van der Waals surface area contributed by atoms with Gasteiger partial charge in [0.2, 0.25) is 0 Å². The Labute approximate surface area is 124 Å². The third-order valence-electron chi connectivity index (χ3n) is 3.85. The standard InChI is InChI=1S/C17H18N2O2/c1-21-17(20)13-8-9-14(18)16(11-13)19-10-4-6-12-5-2-3-7-15(12)19/h2-3,5,7-9,11H,4,6,10,18H2,1H3. The van der Waals surface area contributed by atoms with Crippen molar-refractivity contribution >= 4 is 23.0 Å². The molecule has 3 rings (SSSR count). The molecule has 0 saturated heterocycles. The summed E-state index contributed by atoms with van der Waals surface area (Å²) in [6.45, 7) is 0.895. The molecule has 4 heteroatoms. The molecule has 108 valence electrons. The van der Waals surface area contributed by atoms with Gasteiger partial charge in [0.25, 0.3) is 0 Å². The maximum Gasteiger partial charge on any atom is 0.337 e. The second-order valence-corrected chi connectivity index (χ2v) is 5.15. The van der Waals surface area contributed by atoms with Crippen LogP contribution in [0.15, 0.2) is 42.5 Å². The lowest BCUT2D eigenvalue weighted by molar-refractivity contribution is 0.0601. The van der Waals surface area contributed by atoms with E-state index in [0.29, 0.717) is 11.3 Å². The van der Waals surface area contributed by atoms with Crippen LogP contribution in [0.25, 0.3) is 0 Å². The fourth-order valence-corrected chi connectivity index (χ4v) is 2.81.